The van der Waals surface area contributed by atoms with E-state index in [-0.39, 0.29) is 0 Å². The van der Waals surface area contributed by atoms with Crippen molar-refractivity contribution in [2.75, 3.05) is 12.8 Å². The fourth-order valence-electron chi connectivity index (χ4n) is 1.96. The van der Waals surface area contributed by atoms with E-state index in [2.05, 4.69) is 10.1 Å². The Morgan fingerprint density at radius 2 is 1.88 bits per heavy atom. The van der Waals surface area contributed by atoms with Gasteiger partial charge in [0, 0.05) is 14.1 Å². The lowest BCUT2D eigenvalue weighted by atomic mass is 10.2. The molecule has 6 nitrogen and oxygen atoms in total. The highest BCUT2D eigenvalue weighted by Crippen LogP contribution is 2.35. The maximum absolute atomic E-state index is 6.05. The molecular formula is C11H17N5O. The summed E-state index contributed by atoms with van der Waals surface area (Å²) in [5.74, 6) is 2.16. The van der Waals surface area contributed by atoms with Gasteiger partial charge >= 0.3 is 0 Å². The summed E-state index contributed by atoms with van der Waals surface area (Å²) in [4.78, 5) is 4.47. The molecule has 2 rings (SSSR count). The van der Waals surface area contributed by atoms with Crippen LogP contribution in [-0.2, 0) is 14.1 Å². The third-order valence-electron chi connectivity index (χ3n) is 2.96. The average Bonchev–Trinajstić information content (AvgIpc) is 2.69. The molecule has 2 aromatic heterocycles. The first kappa shape index (κ1) is 11.5. The summed E-state index contributed by atoms with van der Waals surface area (Å²) in [6, 6.07) is 0. The van der Waals surface area contributed by atoms with Crippen molar-refractivity contribution in [2.45, 2.75) is 13.8 Å². The Bertz CT molecular complexity index is 567. The van der Waals surface area contributed by atoms with Gasteiger partial charge in [0.15, 0.2) is 0 Å². The summed E-state index contributed by atoms with van der Waals surface area (Å²) in [6.45, 7) is 3.83. The number of hydrogen-bond donors (Lipinski definition) is 1. The second kappa shape index (κ2) is 3.80. The fourth-order valence-corrected chi connectivity index (χ4v) is 1.96. The zero-order valence-corrected chi connectivity index (χ0v) is 10.8. The zero-order chi connectivity index (χ0) is 12.7. The van der Waals surface area contributed by atoms with Gasteiger partial charge in [-0.25, -0.2) is 9.67 Å². The van der Waals surface area contributed by atoms with Crippen molar-refractivity contribution in [2.24, 2.45) is 14.1 Å². The molecule has 2 heterocycles. The Labute approximate surface area is 100 Å². The van der Waals surface area contributed by atoms with E-state index in [9.17, 15) is 0 Å². The van der Waals surface area contributed by atoms with E-state index >= 15 is 0 Å². The van der Waals surface area contributed by atoms with E-state index in [0.29, 0.717) is 11.7 Å². The van der Waals surface area contributed by atoms with Crippen LogP contribution in [0.5, 0.6) is 5.88 Å². The Kier molecular flexibility index (Phi) is 2.57. The van der Waals surface area contributed by atoms with Gasteiger partial charge in [-0.15, -0.1) is 0 Å². The normalized spacial score (nSPS) is 10.9. The maximum atomic E-state index is 6.05. The van der Waals surface area contributed by atoms with E-state index in [1.165, 1.54) is 0 Å². The van der Waals surface area contributed by atoms with Gasteiger partial charge in [0.2, 0.25) is 5.88 Å². The molecule has 6 heteroatoms. The molecular weight excluding hydrogens is 218 g/mol. The Morgan fingerprint density at radius 3 is 2.35 bits per heavy atom. The molecule has 0 atom stereocenters. The number of aryl methyl sites for hydroxylation is 3. The van der Waals surface area contributed by atoms with Gasteiger partial charge in [-0.05, 0) is 13.8 Å². The minimum atomic E-state index is 0.622. The molecule has 0 aliphatic carbocycles. The summed E-state index contributed by atoms with van der Waals surface area (Å²) in [6.07, 6.45) is 0. The minimum absolute atomic E-state index is 0.622. The van der Waals surface area contributed by atoms with Gasteiger partial charge < -0.3 is 15.0 Å². The molecule has 0 spiro atoms. The van der Waals surface area contributed by atoms with Crippen LogP contribution in [0, 0.1) is 13.8 Å². The molecule has 0 saturated heterocycles. The fraction of sp³-hybridized carbons (Fsp3) is 0.455. The zero-order valence-electron chi connectivity index (χ0n) is 10.8. The van der Waals surface area contributed by atoms with Crippen LogP contribution >= 0.6 is 0 Å². The van der Waals surface area contributed by atoms with Crippen molar-refractivity contribution in [3.63, 3.8) is 0 Å². The molecule has 2 N–H and O–H groups in total. The SMILES string of the molecule is COc1c(-c2nc(C)n(C)c2N)c(C)nn1C. The number of nitrogens with zero attached hydrogens (tertiary/aromatic N) is 4. The van der Waals surface area contributed by atoms with Crippen molar-refractivity contribution >= 4 is 5.82 Å². The molecule has 0 unspecified atom stereocenters. The van der Waals surface area contributed by atoms with E-state index in [4.69, 9.17) is 10.5 Å². The number of hydrogen-bond acceptors (Lipinski definition) is 4. The lowest BCUT2D eigenvalue weighted by Gasteiger charge is -2.03. The molecule has 0 amide bonds. The summed E-state index contributed by atoms with van der Waals surface area (Å²) in [7, 11) is 5.34. The molecule has 0 aromatic carbocycles. The van der Waals surface area contributed by atoms with Crippen molar-refractivity contribution in [1.29, 1.82) is 0 Å². The Balaban J connectivity index is 2.72. The van der Waals surface area contributed by atoms with Gasteiger partial charge in [0.25, 0.3) is 0 Å². The smallest absolute Gasteiger partial charge is 0.221 e. The predicted molar refractivity (Wildman–Crippen MR) is 65.8 cm³/mol. The van der Waals surface area contributed by atoms with Crippen molar-refractivity contribution in [1.82, 2.24) is 19.3 Å². The molecule has 92 valence electrons. The van der Waals surface area contributed by atoms with E-state index < -0.39 is 0 Å². The number of rotatable bonds is 2. The van der Waals surface area contributed by atoms with E-state index in [0.717, 1.165) is 22.8 Å². The summed E-state index contributed by atoms with van der Waals surface area (Å²) in [5.41, 5.74) is 8.49. The highest BCUT2D eigenvalue weighted by Gasteiger charge is 2.21. The van der Waals surface area contributed by atoms with Gasteiger partial charge in [-0.3, -0.25) is 0 Å². The Morgan fingerprint density at radius 1 is 1.24 bits per heavy atom. The van der Waals surface area contributed by atoms with E-state index in [1.54, 1.807) is 11.8 Å². The number of aromatic nitrogens is 4. The van der Waals surface area contributed by atoms with Crippen LogP contribution in [-0.4, -0.2) is 26.4 Å². The van der Waals surface area contributed by atoms with Crippen LogP contribution in [0.4, 0.5) is 5.82 Å². The third-order valence-corrected chi connectivity index (χ3v) is 2.96. The molecule has 0 saturated carbocycles. The standard InChI is InChI=1S/C11H17N5O/c1-6-8(11(17-5)16(4)14-6)9-10(12)15(3)7(2)13-9/h12H2,1-5H3. The highest BCUT2D eigenvalue weighted by atomic mass is 16.5. The van der Waals surface area contributed by atoms with Crippen molar-refractivity contribution < 1.29 is 4.74 Å². The first-order valence-electron chi connectivity index (χ1n) is 5.34. The molecule has 17 heavy (non-hydrogen) atoms. The minimum Gasteiger partial charge on any atom is -0.481 e. The van der Waals surface area contributed by atoms with Crippen molar-refractivity contribution in [3.05, 3.63) is 11.5 Å². The summed E-state index contributed by atoms with van der Waals surface area (Å²) >= 11 is 0. The summed E-state index contributed by atoms with van der Waals surface area (Å²) < 4.78 is 8.89. The largest absolute Gasteiger partial charge is 0.481 e. The van der Waals surface area contributed by atoms with Crippen LogP contribution < -0.4 is 10.5 Å². The Hall–Kier alpha value is -1.98. The van der Waals surface area contributed by atoms with E-state index in [1.807, 2.05) is 32.5 Å². The number of nitrogens with two attached hydrogens (primary N) is 1. The molecule has 0 radical (unpaired) electrons. The first-order chi connectivity index (χ1) is 7.97. The molecule has 0 aliphatic heterocycles. The monoisotopic (exact) mass is 235 g/mol. The van der Waals surface area contributed by atoms with Gasteiger partial charge in [0.05, 0.1) is 18.4 Å². The van der Waals surface area contributed by atoms with Crippen LogP contribution in [0.2, 0.25) is 0 Å². The number of methoxy groups -OCH3 is 1. The highest BCUT2D eigenvalue weighted by molar-refractivity contribution is 5.76. The molecule has 0 aliphatic rings. The molecule has 2 aromatic rings. The number of nitrogen functional groups attached to an aromatic ring is 1. The average molecular weight is 235 g/mol. The molecule has 0 bridgehead atoms. The van der Waals surface area contributed by atoms with Crippen LogP contribution in [0.15, 0.2) is 0 Å². The predicted octanol–water partition coefficient (Wildman–Crippen LogP) is 1.03. The number of imidazole rings is 1. The number of ether oxygens (including phenoxy) is 1. The lowest BCUT2D eigenvalue weighted by molar-refractivity contribution is 0.374. The first-order valence-corrected chi connectivity index (χ1v) is 5.34. The van der Waals surface area contributed by atoms with Gasteiger partial charge in [-0.2, -0.15) is 5.10 Å². The lowest BCUT2D eigenvalue weighted by Crippen LogP contribution is -1.99. The van der Waals surface area contributed by atoms with Crippen LogP contribution in [0.1, 0.15) is 11.5 Å². The second-order valence-corrected chi connectivity index (χ2v) is 4.05. The molecule has 0 fully saturated rings. The topological polar surface area (TPSA) is 70.9 Å². The summed E-state index contributed by atoms with van der Waals surface area (Å²) in [5, 5.41) is 4.33. The van der Waals surface area contributed by atoms with Crippen LogP contribution in [0.25, 0.3) is 11.3 Å². The maximum Gasteiger partial charge on any atom is 0.221 e. The van der Waals surface area contributed by atoms with Gasteiger partial charge in [-0.1, -0.05) is 0 Å². The van der Waals surface area contributed by atoms with Crippen molar-refractivity contribution in [3.8, 4) is 17.1 Å². The van der Waals surface area contributed by atoms with Gasteiger partial charge in [0.1, 0.15) is 17.3 Å². The van der Waals surface area contributed by atoms with Crippen LogP contribution in [0.3, 0.4) is 0 Å². The number of anilines is 1. The third kappa shape index (κ3) is 1.56. The quantitative estimate of drug-likeness (QED) is 0.844. The second-order valence-electron chi connectivity index (χ2n) is 4.05.